The first-order chi connectivity index (χ1) is 8.88. The van der Waals surface area contributed by atoms with Gasteiger partial charge in [-0.1, -0.05) is 11.6 Å². The first-order valence-electron chi connectivity index (χ1n) is 5.24. The first-order valence-corrected chi connectivity index (χ1v) is 6.44. The van der Waals surface area contributed by atoms with Gasteiger partial charge in [0.1, 0.15) is 5.03 Å². The second-order valence-corrected chi connectivity index (χ2v) is 5.11. The van der Waals surface area contributed by atoms with Crippen LogP contribution in [-0.4, -0.2) is 24.7 Å². The number of aromatic amines is 1. The maximum atomic E-state index is 11.2. The van der Waals surface area contributed by atoms with Gasteiger partial charge < -0.3 is 0 Å². The molecular formula is C10H10ClN5O2S. The van der Waals surface area contributed by atoms with Crippen LogP contribution in [0.15, 0.2) is 19.8 Å². The zero-order valence-corrected chi connectivity index (χ0v) is 12.0. The maximum absolute atomic E-state index is 11.2. The van der Waals surface area contributed by atoms with Gasteiger partial charge in [0.15, 0.2) is 10.3 Å². The minimum Gasteiger partial charge on any atom is -0.265 e. The molecule has 2 aromatic rings. The molecule has 19 heavy (non-hydrogen) atoms. The number of aromatic nitrogens is 5. The van der Waals surface area contributed by atoms with E-state index in [2.05, 4.69) is 20.1 Å². The lowest BCUT2D eigenvalue weighted by molar-refractivity contribution is 0.596. The Labute approximate surface area is 117 Å². The van der Waals surface area contributed by atoms with Gasteiger partial charge >= 0.3 is 11.1 Å². The van der Waals surface area contributed by atoms with Gasteiger partial charge in [-0.2, -0.15) is 4.98 Å². The number of nitrogens with zero attached hydrogens (tertiary/aromatic N) is 4. The third-order valence-electron chi connectivity index (χ3n) is 2.37. The molecule has 0 aliphatic rings. The van der Waals surface area contributed by atoms with Crippen molar-refractivity contribution >= 4 is 23.4 Å². The summed E-state index contributed by atoms with van der Waals surface area (Å²) in [5, 5.41) is 3.29. The van der Waals surface area contributed by atoms with Gasteiger partial charge in [-0.15, -0.1) is 0 Å². The standard InChI is InChI=1S/C10H10ClN5O2S/c1-4-5(2)13-9(6(11)12-4)19-10-14-7(17)8(18)15-16(10)3/h1-3H3,(H,15,18). The van der Waals surface area contributed by atoms with Crippen LogP contribution in [0.1, 0.15) is 11.4 Å². The third kappa shape index (κ3) is 2.85. The molecule has 0 bridgehead atoms. The van der Waals surface area contributed by atoms with E-state index in [-0.39, 0.29) is 10.3 Å². The molecule has 2 aromatic heterocycles. The Bertz CT molecular complexity index is 755. The number of nitrogens with one attached hydrogen (secondary N) is 1. The van der Waals surface area contributed by atoms with Gasteiger partial charge in [0.05, 0.1) is 11.4 Å². The molecule has 0 unspecified atom stereocenters. The third-order valence-corrected chi connectivity index (χ3v) is 3.77. The molecule has 0 atom stereocenters. The minimum atomic E-state index is -0.853. The molecular weight excluding hydrogens is 290 g/mol. The van der Waals surface area contributed by atoms with Gasteiger partial charge in [0.2, 0.25) is 0 Å². The highest BCUT2D eigenvalue weighted by Gasteiger charge is 2.12. The Morgan fingerprint density at radius 2 is 1.79 bits per heavy atom. The molecule has 2 rings (SSSR count). The average Bonchev–Trinajstić information content (AvgIpc) is 2.32. The van der Waals surface area contributed by atoms with Crippen LogP contribution in [0.4, 0.5) is 0 Å². The fraction of sp³-hybridized carbons (Fsp3) is 0.300. The van der Waals surface area contributed by atoms with E-state index in [0.29, 0.717) is 5.03 Å². The topological polar surface area (TPSA) is 93.5 Å². The number of hydrogen-bond acceptors (Lipinski definition) is 6. The van der Waals surface area contributed by atoms with Crippen molar-refractivity contribution in [2.75, 3.05) is 0 Å². The maximum Gasteiger partial charge on any atom is 0.339 e. The first kappa shape index (κ1) is 13.8. The van der Waals surface area contributed by atoms with Crippen LogP contribution in [0.2, 0.25) is 5.15 Å². The van der Waals surface area contributed by atoms with E-state index < -0.39 is 11.1 Å². The molecule has 9 heteroatoms. The molecule has 1 N–H and O–H groups in total. The second kappa shape index (κ2) is 5.14. The Hall–Kier alpha value is -1.67. The summed E-state index contributed by atoms with van der Waals surface area (Å²) in [7, 11) is 1.57. The summed E-state index contributed by atoms with van der Waals surface area (Å²) < 4.78 is 1.33. The summed E-state index contributed by atoms with van der Waals surface area (Å²) >= 11 is 7.06. The molecule has 0 saturated heterocycles. The highest BCUT2D eigenvalue weighted by Crippen LogP contribution is 2.28. The van der Waals surface area contributed by atoms with Crippen molar-refractivity contribution in [3.8, 4) is 0 Å². The van der Waals surface area contributed by atoms with Crippen molar-refractivity contribution in [1.82, 2.24) is 24.7 Å². The van der Waals surface area contributed by atoms with E-state index in [1.807, 2.05) is 6.92 Å². The van der Waals surface area contributed by atoms with Gasteiger partial charge in [-0.3, -0.25) is 19.4 Å². The molecule has 0 radical (unpaired) electrons. The van der Waals surface area contributed by atoms with E-state index in [1.54, 1.807) is 14.0 Å². The van der Waals surface area contributed by atoms with E-state index >= 15 is 0 Å². The molecule has 100 valence electrons. The fourth-order valence-electron chi connectivity index (χ4n) is 1.26. The Kier molecular flexibility index (Phi) is 3.72. The van der Waals surface area contributed by atoms with E-state index in [4.69, 9.17) is 11.6 Å². The highest BCUT2D eigenvalue weighted by molar-refractivity contribution is 7.99. The number of rotatable bonds is 2. The van der Waals surface area contributed by atoms with Crippen molar-refractivity contribution in [3.05, 3.63) is 37.2 Å². The second-order valence-electron chi connectivity index (χ2n) is 3.79. The van der Waals surface area contributed by atoms with E-state index in [0.717, 1.165) is 23.1 Å². The number of halogens is 1. The summed E-state index contributed by atoms with van der Waals surface area (Å²) in [6.07, 6.45) is 0. The highest BCUT2D eigenvalue weighted by atomic mass is 35.5. The lowest BCUT2D eigenvalue weighted by Gasteiger charge is -2.07. The lowest BCUT2D eigenvalue weighted by atomic mass is 10.4. The van der Waals surface area contributed by atoms with Crippen molar-refractivity contribution in [2.45, 2.75) is 24.0 Å². The van der Waals surface area contributed by atoms with Crippen molar-refractivity contribution in [2.24, 2.45) is 7.05 Å². The van der Waals surface area contributed by atoms with Crippen LogP contribution in [0.5, 0.6) is 0 Å². The average molecular weight is 300 g/mol. The molecule has 0 aromatic carbocycles. The summed E-state index contributed by atoms with van der Waals surface area (Å²) in [6.45, 7) is 3.61. The molecule has 0 aliphatic heterocycles. The van der Waals surface area contributed by atoms with Crippen LogP contribution >= 0.6 is 23.4 Å². The molecule has 0 aliphatic carbocycles. The monoisotopic (exact) mass is 299 g/mol. The summed E-state index contributed by atoms with van der Waals surface area (Å²) in [4.78, 5) is 34.4. The normalized spacial score (nSPS) is 10.7. The molecule has 0 saturated carbocycles. The molecule has 0 amide bonds. The van der Waals surface area contributed by atoms with E-state index in [1.165, 1.54) is 4.68 Å². The van der Waals surface area contributed by atoms with Crippen LogP contribution < -0.4 is 11.1 Å². The largest absolute Gasteiger partial charge is 0.339 e. The smallest absolute Gasteiger partial charge is 0.265 e. The zero-order valence-electron chi connectivity index (χ0n) is 10.4. The van der Waals surface area contributed by atoms with Gasteiger partial charge in [0.25, 0.3) is 0 Å². The lowest BCUT2D eigenvalue weighted by Crippen LogP contribution is -2.33. The Balaban J connectivity index is 2.47. The van der Waals surface area contributed by atoms with Crippen molar-refractivity contribution in [3.63, 3.8) is 0 Å². The molecule has 0 spiro atoms. The van der Waals surface area contributed by atoms with Crippen LogP contribution in [0.3, 0.4) is 0 Å². The molecule has 7 nitrogen and oxygen atoms in total. The summed E-state index contributed by atoms with van der Waals surface area (Å²) in [5.74, 6) is 0. The van der Waals surface area contributed by atoms with Crippen LogP contribution in [0.25, 0.3) is 0 Å². The molecule has 2 heterocycles. The van der Waals surface area contributed by atoms with Gasteiger partial charge in [0, 0.05) is 7.05 Å². The van der Waals surface area contributed by atoms with Gasteiger partial charge in [-0.05, 0) is 25.6 Å². The quantitative estimate of drug-likeness (QED) is 0.820. The summed E-state index contributed by atoms with van der Waals surface area (Å²) in [5.41, 5.74) is -0.156. The summed E-state index contributed by atoms with van der Waals surface area (Å²) in [6, 6.07) is 0. The van der Waals surface area contributed by atoms with E-state index in [9.17, 15) is 9.59 Å². The Morgan fingerprint density at radius 1 is 1.16 bits per heavy atom. The van der Waals surface area contributed by atoms with Crippen LogP contribution in [-0.2, 0) is 7.05 Å². The number of H-pyrrole nitrogens is 1. The predicted octanol–water partition coefficient (Wildman–Crippen LogP) is 0.680. The SMILES string of the molecule is Cc1nc(Cl)c(Sc2nc(=O)c(=O)[nH]n2C)nc1C. The van der Waals surface area contributed by atoms with Crippen molar-refractivity contribution in [1.29, 1.82) is 0 Å². The fourth-order valence-corrected chi connectivity index (χ4v) is 2.34. The number of hydrogen-bond donors (Lipinski definition) is 1. The van der Waals surface area contributed by atoms with Crippen LogP contribution in [0, 0.1) is 13.8 Å². The minimum absolute atomic E-state index is 0.230. The molecule has 0 fully saturated rings. The zero-order chi connectivity index (χ0) is 14.2. The van der Waals surface area contributed by atoms with Crippen molar-refractivity contribution < 1.29 is 0 Å². The van der Waals surface area contributed by atoms with Gasteiger partial charge in [-0.25, -0.2) is 9.97 Å². The number of aryl methyl sites for hydroxylation is 3. The predicted molar refractivity (Wildman–Crippen MR) is 70.7 cm³/mol. The Morgan fingerprint density at radius 3 is 2.47 bits per heavy atom.